The summed E-state index contributed by atoms with van der Waals surface area (Å²) in [5.74, 6) is 0.944. The first kappa shape index (κ1) is 17.5. The Labute approximate surface area is 135 Å². The second kappa shape index (κ2) is 8.16. The van der Waals surface area contributed by atoms with Crippen LogP contribution < -0.4 is 10.6 Å². The molecule has 1 saturated heterocycles. The summed E-state index contributed by atoms with van der Waals surface area (Å²) < 4.78 is 10.6. The van der Waals surface area contributed by atoms with E-state index >= 15 is 0 Å². The molecule has 128 valence electrons. The van der Waals surface area contributed by atoms with Crippen LogP contribution in [0.15, 0.2) is 4.99 Å². The first-order valence-electron chi connectivity index (χ1n) is 8.70. The summed E-state index contributed by atoms with van der Waals surface area (Å²) in [6, 6.07) is 0. The van der Waals surface area contributed by atoms with E-state index in [9.17, 15) is 0 Å². The van der Waals surface area contributed by atoms with Crippen LogP contribution in [-0.4, -0.2) is 52.5 Å². The lowest BCUT2D eigenvalue weighted by Gasteiger charge is -2.37. The van der Waals surface area contributed by atoms with Crippen molar-refractivity contribution >= 4 is 5.96 Å². The van der Waals surface area contributed by atoms with Gasteiger partial charge in [0.15, 0.2) is 5.96 Å². The molecule has 2 aliphatic rings. The second-order valence-corrected chi connectivity index (χ2v) is 7.30. The molecule has 0 unspecified atom stereocenters. The minimum Gasteiger partial charge on any atom is -0.385 e. The summed E-state index contributed by atoms with van der Waals surface area (Å²) in [6.07, 6.45) is 6.42. The maximum Gasteiger partial charge on any atom is 0.191 e. The highest BCUT2D eigenvalue weighted by molar-refractivity contribution is 5.79. The molecule has 0 aromatic heterocycles. The molecule has 2 N–H and O–H groups in total. The van der Waals surface area contributed by atoms with Gasteiger partial charge in [0.1, 0.15) is 0 Å². The summed E-state index contributed by atoms with van der Waals surface area (Å²) >= 11 is 0. The van der Waals surface area contributed by atoms with Crippen molar-refractivity contribution in [1.82, 2.24) is 10.6 Å². The van der Waals surface area contributed by atoms with E-state index in [4.69, 9.17) is 14.5 Å². The predicted molar refractivity (Wildman–Crippen MR) is 90.3 cm³/mol. The highest BCUT2D eigenvalue weighted by Crippen LogP contribution is 2.40. The van der Waals surface area contributed by atoms with Crippen LogP contribution in [0, 0.1) is 10.8 Å². The molecule has 1 aliphatic heterocycles. The van der Waals surface area contributed by atoms with E-state index < -0.39 is 0 Å². The number of methoxy groups -OCH3 is 1. The van der Waals surface area contributed by atoms with Gasteiger partial charge in [0.05, 0.1) is 19.8 Å². The van der Waals surface area contributed by atoms with Crippen molar-refractivity contribution in [3.05, 3.63) is 0 Å². The second-order valence-electron chi connectivity index (χ2n) is 7.30. The normalized spacial score (nSPS) is 23.1. The van der Waals surface area contributed by atoms with Gasteiger partial charge in [-0.05, 0) is 31.6 Å². The van der Waals surface area contributed by atoms with Gasteiger partial charge in [-0.15, -0.1) is 0 Å². The first-order chi connectivity index (χ1) is 10.6. The van der Waals surface area contributed by atoms with Crippen molar-refractivity contribution in [3.8, 4) is 0 Å². The molecule has 5 nitrogen and oxygen atoms in total. The average molecular weight is 311 g/mol. The molecule has 0 bridgehead atoms. The number of rotatable bonds is 8. The van der Waals surface area contributed by atoms with Crippen LogP contribution in [0.25, 0.3) is 0 Å². The van der Waals surface area contributed by atoms with Crippen molar-refractivity contribution in [1.29, 1.82) is 0 Å². The topological polar surface area (TPSA) is 54.9 Å². The Bertz CT molecular complexity index is 361. The van der Waals surface area contributed by atoms with Gasteiger partial charge in [0.2, 0.25) is 0 Å². The fraction of sp³-hybridized carbons (Fsp3) is 0.941. The van der Waals surface area contributed by atoms with Gasteiger partial charge in [-0.25, -0.2) is 0 Å². The molecule has 0 amide bonds. The monoisotopic (exact) mass is 311 g/mol. The lowest BCUT2D eigenvalue weighted by Crippen LogP contribution is -2.46. The Morgan fingerprint density at radius 1 is 1.23 bits per heavy atom. The van der Waals surface area contributed by atoms with Gasteiger partial charge in [0, 0.05) is 32.2 Å². The Morgan fingerprint density at radius 2 is 1.95 bits per heavy atom. The first-order valence-corrected chi connectivity index (χ1v) is 8.70. The Hall–Kier alpha value is -0.810. The van der Waals surface area contributed by atoms with E-state index in [2.05, 4.69) is 24.5 Å². The van der Waals surface area contributed by atoms with Crippen LogP contribution in [0.5, 0.6) is 0 Å². The fourth-order valence-corrected chi connectivity index (χ4v) is 3.38. The Balaban J connectivity index is 1.87. The standard InChI is InChI=1S/C17H33N3O2/c1-4-18-15(19-11-16(2)13-22-14-16)20-12-17(9-10-21-3)7-5-6-8-17/h4-14H2,1-3H3,(H2,18,19,20). The molecule has 0 aromatic rings. The molecule has 0 atom stereocenters. The van der Waals surface area contributed by atoms with E-state index in [1.54, 1.807) is 7.11 Å². The molecule has 1 aliphatic carbocycles. The molecule has 2 rings (SSSR count). The third kappa shape index (κ3) is 4.85. The van der Waals surface area contributed by atoms with Crippen LogP contribution in [0.2, 0.25) is 0 Å². The van der Waals surface area contributed by atoms with Gasteiger partial charge in [-0.1, -0.05) is 19.8 Å². The Morgan fingerprint density at radius 3 is 2.50 bits per heavy atom. The number of ether oxygens (including phenoxy) is 2. The zero-order chi connectivity index (χ0) is 15.9. The van der Waals surface area contributed by atoms with Gasteiger partial charge in [0.25, 0.3) is 0 Å². The summed E-state index contributed by atoms with van der Waals surface area (Å²) in [5.41, 5.74) is 0.610. The largest absolute Gasteiger partial charge is 0.385 e. The number of nitrogens with one attached hydrogen (secondary N) is 2. The minimum absolute atomic E-state index is 0.226. The van der Waals surface area contributed by atoms with Crippen LogP contribution in [0.1, 0.15) is 46.0 Å². The zero-order valence-corrected chi connectivity index (χ0v) is 14.5. The van der Waals surface area contributed by atoms with Crippen molar-refractivity contribution < 1.29 is 9.47 Å². The van der Waals surface area contributed by atoms with Gasteiger partial charge in [-0.2, -0.15) is 0 Å². The van der Waals surface area contributed by atoms with Crippen molar-refractivity contribution in [3.63, 3.8) is 0 Å². The van der Waals surface area contributed by atoms with E-state index in [1.807, 2.05) is 0 Å². The lowest BCUT2D eigenvalue weighted by molar-refractivity contribution is -0.0945. The predicted octanol–water partition coefficient (Wildman–Crippen LogP) is 2.17. The molecular formula is C17H33N3O2. The summed E-state index contributed by atoms with van der Waals surface area (Å²) in [4.78, 5) is 4.76. The molecule has 0 aromatic carbocycles. The fourth-order valence-electron chi connectivity index (χ4n) is 3.38. The smallest absolute Gasteiger partial charge is 0.191 e. The molecular weight excluding hydrogens is 278 g/mol. The molecule has 2 fully saturated rings. The number of hydrogen-bond donors (Lipinski definition) is 2. The summed E-state index contributed by atoms with van der Waals surface area (Å²) in [6.45, 7) is 9.57. The van der Waals surface area contributed by atoms with Gasteiger partial charge < -0.3 is 20.1 Å². The van der Waals surface area contributed by atoms with Crippen LogP contribution in [0.3, 0.4) is 0 Å². The van der Waals surface area contributed by atoms with Crippen molar-refractivity contribution in [2.45, 2.75) is 46.0 Å². The van der Waals surface area contributed by atoms with Crippen molar-refractivity contribution in [2.24, 2.45) is 15.8 Å². The SMILES string of the molecule is CCNC(=NCC1(C)COC1)NCC1(CCOC)CCCC1. The lowest BCUT2D eigenvalue weighted by atomic mass is 9.83. The van der Waals surface area contributed by atoms with Crippen LogP contribution in [0.4, 0.5) is 0 Å². The number of hydrogen-bond acceptors (Lipinski definition) is 3. The van der Waals surface area contributed by atoms with E-state index in [1.165, 1.54) is 25.7 Å². The molecule has 5 heteroatoms. The average Bonchev–Trinajstić information content (AvgIpc) is 2.95. The third-order valence-corrected chi connectivity index (χ3v) is 5.00. The Kier molecular flexibility index (Phi) is 6.50. The third-order valence-electron chi connectivity index (χ3n) is 5.00. The van der Waals surface area contributed by atoms with E-state index in [-0.39, 0.29) is 5.41 Å². The van der Waals surface area contributed by atoms with Crippen molar-refractivity contribution in [2.75, 3.05) is 46.6 Å². The van der Waals surface area contributed by atoms with Crippen LogP contribution in [-0.2, 0) is 9.47 Å². The molecule has 0 radical (unpaired) electrons. The summed E-state index contributed by atoms with van der Waals surface area (Å²) in [5, 5.41) is 6.94. The maximum absolute atomic E-state index is 5.31. The van der Waals surface area contributed by atoms with E-state index in [0.717, 1.165) is 51.8 Å². The molecule has 1 heterocycles. The number of guanidine groups is 1. The van der Waals surface area contributed by atoms with E-state index in [0.29, 0.717) is 5.41 Å². The quantitative estimate of drug-likeness (QED) is 0.533. The molecule has 22 heavy (non-hydrogen) atoms. The zero-order valence-electron chi connectivity index (χ0n) is 14.5. The van der Waals surface area contributed by atoms with Gasteiger partial charge >= 0.3 is 0 Å². The highest BCUT2D eigenvalue weighted by Gasteiger charge is 2.34. The summed E-state index contributed by atoms with van der Waals surface area (Å²) in [7, 11) is 1.79. The van der Waals surface area contributed by atoms with Gasteiger partial charge in [-0.3, -0.25) is 4.99 Å². The highest BCUT2D eigenvalue weighted by atomic mass is 16.5. The maximum atomic E-state index is 5.31. The molecule has 1 saturated carbocycles. The number of aliphatic imine (C=N–C) groups is 1. The minimum atomic E-state index is 0.226. The van der Waals surface area contributed by atoms with Crippen LogP contribution >= 0.6 is 0 Å². The number of nitrogens with zero attached hydrogens (tertiary/aromatic N) is 1. The molecule has 0 spiro atoms.